The number of aromatic nitrogens is 1. The Kier molecular flexibility index (Phi) is 3.40. The van der Waals surface area contributed by atoms with Gasteiger partial charge in [0.2, 0.25) is 0 Å². The highest BCUT2D eigenvalue weighted by atomic mass is 16.5. The van der Waals surface area contributed by atoms with Crippen LogP contribution in [0.2, 0.25) is 0 Å². The number of rotatable bonds is 2. The van der Waals surface area contributed by atoms with Crippen LogP contribution < -0.4 is 5.73 Å². The largest absolute Gasteiger partial charge is 0.458 e. The van der Waals surface area contributed by atoms with Crippen LogP contribution in [-0.4, -0.2) is 17.1 Å². The Morgan fingerprint density at radius 3 is 2.71 bits per heavy atom. The Labute approximate surface area is 124 Å². The minimum absolute atomic E-state index is 0.0435. The molecule has 0 saturated heterocycles. The summed E-state index contributed by atoms with van der Waals surface area (Å²) in [5.74, 6) is -0.269. The van der Waals surface area contributed by atoms with E-state index >= 15 is 0 Å². The molecule has 1 fully saturated rings. The molecule has 1 aromatic heterocycles. The second-order valence-corrected chi connectivity index (χ2v) is 6.80. The van der Waals surface area contributed by atoms with Crippen molar-refractivity contribution in [1.29, 1.82) is 0 Å². The van der Waals surface area contributed by atoms with Crippen molar-refractivity contribution >= 4 is 22.6 Å². The number of carbonyl (C=O) groups is 1. The van der Waals surface area contributed by atoms with Crippen LogP contribution in [0.1, 0.15) is 50.0 Å². The summed E-state index contributed by atoms with van der Waals surface area (Å²) < 4.78 is 5.63. The van der Waals surface area contributed by atoms with E-state index in [-0.39, 0.29) is 12.1 Å². The number of nitrogen functional groups attached to an aromatic ring is 1. The summed E-state index contributed by atoms with van der Waals surface area (Å²) in [4.78, 5) is 15.3. The van der Waals surface area contributed by atoms with E-state index < -0.39 is 0 Å². The standard InChI is InChI=1S/C17H22N2O2/c1-17(2)7-5-13(6-8-17)21-16(20)15-10-11-9-12(18)3-4-14(11)19-15/h3-4,9-10,13,19H,5-8,18H2,1-2H3. The summed E-state index contributed by atoms with van der Waals surface area (Å²) >= 11 is 0. The van der Waals surface area contributed by atoms with Gasteiger partial charge in [-0.05, 0) is 55.4 Å². The van der Waals surface area contributed by atoms with Gasteiger partial charge in [0.05, 0.1) is 0 Å². The highest BCUT2D eigenvalue weighted by Gasteiger charge is 2.29. The molecule has 3 rings (SSSR count). The first kappa shape index (κ1) is 14.0. The van der Waals surface area contributed by atoms with Crippen LogP contribution in [0.25, 0.3) is 10.9 Å². The van der Waals surface area contributed by atoms with E-state index in [9.17, 15) is 4.79 Å². The maximum atomic E-state index is 12.2. The molecule has 1 saturated carbocycles. The molecule has 1 aliphatic rings. The number of carbonyl (C=O) groups excluding carboxylic acids is 1. The molecule has 0 amide bonds. The Morgan fingerprint density at radius 1 is 1.29 bits per heavy atom. The number of H-pyrrole nitrogens is 1. The van der Waals surface area contributed by atoms with E-state index in [2.05, 4.69) is 18.8 Å². The summed E-state index contributed by atoms with van der Waals surface area (Å²) in [6, 6.07) is 7.36. The number of nitrogens with one attached hydrogen (secondary N) is 1. The van der Waals surface area contributed by atoms with Gasteiger partial charge in [0.15, 0.2) is 0 Å². The predicted octanol–water partition coefficient (Wildman–Crippen LogP) is 3.88. The second-order valence-electron chi connectivity index (χ2n) is 6.80. The smallest absolute Gasteiger partial charge is 0.355 e. The molecule has 1 aliphatic carbocycles. The molecule has 3 N–H and O–H groups in total. The Morgan fingerprint density at radius 2 is 2.00 bits per heavy atom. The third-order valence-corrected chi connectivity index (χ3v) is 4.42. The number of nitrogens with two attached hydrogens (primary N) is 1. The number of hydrogen-bond acceptors (Lipinski definition) is 3. The van der Waals surface area contributed by atoms with Gasteiger partial charge in [-0.2, -0.15) is 0 Å². The minimum Gasteiger partial charge on any atom is -0.458 e. The van der Waals surface area contributed by atoms with Crippen LogP contribution in [0.15, 0.2) is 24.3 Å². The molecular formula is C17H22N2O2. The van der Waals surface area contributed by atoms with Gasteiger partial charge in [-0.15, -0.1) is 0 Å². The zero-order valence-electron chi connectivity index (χ0n) is 12.6. The van der Waals surface area contributed by atoms with Crippen LogP contribution in [0.4, 0.5) is 5.69 Å². The quantitative estimate of drug-likeness (QED) is 0.650. The van der Waals surface area contributed by atoms with Crippen LogP contribution in [0.3, 0.4) is 0 Å². The van der Waals surface area contributed by atoms with Crippen molar-refractivity contribution in [2.24, 2.45) is 5.41 Å². The molecule has 0 radical (unpaired) electrons. The zero-order valence-corrected chi connectivity index (χ0v) is 12.6. The molecule has 0 unspecified atom stereocenters. The van der Waals surface area contributed by atoms with E-state index in [1.54, 1.807) is 6.07 Å². The molecular weight excluding hydrogens is 264 g/mol. The van der Waals surface area contributed by atoms with Gasteiger partial charge in [0, 0.05) is 16.6 Å². The van der Waals surface area contributed by atoms with E-state index in [4.69, 9.17) is 10.5 Å². The lowest BCUT2D eigenvalue weighted by Gasteiger charge is -2.33. The second kappa shape index (κ2) is 5.10. The average molecular weight is 286 g/mol. The number of aromatic amines is 1. The number of ether oxygens (including phenoxy) is 1. The molecule has 0 bridgehead atoms. The number of benzene rings is 1. The SMILES string of the molecule is CC1(C)CCC(OC(=O)c2cc3cc(N)ccc3[nH]2)CC1. The maximum Gasteiger partial charge on any atom is 0.355 e. The molecule has 1 heterocycles. The van der Waals surface area contributed by atoms with Crippen molar-refractivity contribution in [2.75, 3.05) is 5.73 Å². The monoisotopic (exact) mass is 286 g/mol. The van der Waals surface area contributed by atoms with Crippen LogP contribution in [-0.2, 0) is 4.74 Å². The summed E-state index contributed by atoms with van der Waals surface area (Å²) in [6.07, 6.45) is 4.15. The fraction of sp³-hybridized carbons (Fsp3) is 0.471. The number of esters is 1. The van der Waals surface area contributed by atoms with Gasteiger partial charge >= 0.3 is 5.97 Å². The van der Waals surface area contributed by atoms with E-state index in [0.717, 1.165) is 36.6 Å². The van der Waals surface area contributed by atoms with Crippen molar-refractivity contribution in [3.05, 3.63) is 30.0 Å². The highest BCUT2D eigenvalue weighted by Crippen LogP contribution is 2.36. The van der Waals surface area contributed by atoms with Crippen LogP contribution in [0.5, 0.6) is 0 Å². The molecule has 2 aromatic rings. The summed E-state index contributed by atoms with van der Waals surface area (Å²) in [5.41, 5.74) is 8.23. The van der Waals surface area contributed by atoms with Crippen LogP contribution in [0, 0.1) is 5.41 Å². The normalized spacial score (nSPS) is 18.8. The van der Waals surface area contributed by atoms with Crippen molar-refractivity contribution < 1.29 is 9.53 Å². The molecule has 4 heteroatoms. The first-order chi connectivity index (χ1) is 9.93. The Balaban J connectivity index is 1.69. The molecule has 4 nitrogen and oxygen atoms in total. The summed E-state index contributed by atoms with van der Waals surface area (Å²) in [6.45, 7) is 4.54. The maximum absolute atomic E-state index is 12.2. The molecule has 0 atom stereocenters. The van der Waals surface area contributed by atoms with Gasteiger partial charge in [-0.3, -0.25) is 0 Å². The minimum atomic E-state index is -0.269. The Hall–Kier alpha value is -1.97. The third-order valence-electron chi connectivity index (χ3n) is 4.42. The third kappa shape index (κ3) is 3.04. The molecule has 112 valence electrons. The first-order valence-corrected chi connectivity index (χ1v) is 7.52. The predicted molar refractivity (Wildman–Crippen MR) is 84.2 cm³/mol. The molecule has 21 heavy (non-hydrogen) atoms. The first-order valence-electron chi connectivity index (χ1n) is 7.52. The van der Waals surface area contributed by atoms with Gasteiger partial charge in [0.1, 0.15) is 11.8 Å². The van der Waals surface area contributed by atoms with E-state index in [1.165, 1.54) is 0 Å². The fourth-order valence-corrected chi connectivity index (χ4v) is 2.97. The van der Waals surface area contributed by atoms with Crippen molar-refractivity contribution in [3.8, 4) is 0 Å². The molecule has 1 aromatic carbocycles. The van der Waals surface area contributed by atoms with Crippen molar-refractivity contribution in [3.63, 3.8) is 0 Å². The zero-order chi connectivity index (χ0) is 15.0. The van der Waals surface area contributed by atoms with Crippen molar-refractivity contribution in [2.45, 2.75) is 45.6 Å². The lowest BCUT2D eigenvalue weighted by molar-refractivity contribution is 0.00901. The number of anilines is 1. The number of hydrogen-bond donors (Lipinski definition) is 2. The fourth-order valence-electron chi connectivity index (χ4n) is 2.97. The lowest BCUT2D eigenvalue weighted by atomic mass is 9.76. The molecule has 0 aliphatic heterocycles. The van der Waals surface area contributed by atoms with Gasteiger partial charge in [0.25, 0.3) is 0 Å². The van der Waals surface area contributed by atoms with Gasteiger partial charge in [-0.1, -0.05) is 13.8 Å². The van der Waals surface area contributed by atoms with E-state index in [1.807, 2.05) is 18.2 Å². The average Bonchev–Trinajstić information content (AvgIpc) is 2.84. The van der Waals surface area contributed by atoms with Gasteiger partial charge < -0.3 is 15.5 Å². The molecule has 0 spiro atoms. The topological polar surface area (TPSA) is 68.1 Å². The van der Waals surface area contributed by atoms with Crippen LogP contribution >= 0.6 is 0 Å². The summed E-state index contributed by atoms with van der Waals surface area (Å²) in [5, 5.41) is 0.937. The number of fused-ring (bicyclic) bond motifs is 1. The van der Waals surface area contributed by atoms with Crippen molar-refractivity contribution in [1.82, 2.24) is 4.98 Å². The summed E-state index contributed by atoms with van der Waals surface area (Å²) in [7, 11) is 0. The lowest BCUT2D eigenvalue weighted by Crippen LogP contribution is -2.28. The highest BCUT2D eigenvalue weighted by molar-refractivity contribution is 5.95. The van der Waals surface area contributed by atoms with Gasteiger partial charge in [-0.25, -0.2) is 4.79 Å². The Bertz CT molecular complexity index is 662. The van der Waals surface area contributed by atoms with E-state index in [0.29, 0.717) is 16.8 Å².